The standard InChI is InChI=1S/C16H22N2O3S/c1-2-16(19)15-8-3-4-9-18(15)22(20,21)12-14-7-5-6-13(10-14)11-17/h5-7,10,15-16,19H,2-4,8-9,12H2,1H3. The van der Waals surface area contributed by atoms with Crippen LogP contribution in [-0.2, 0) is 15.8 Å². The van der Waals surface area contributed by atoms with Crippen molar-refractivity contribution in [1.82, 2.24) is 4.31 Å². The van der Waals surface area contributed by atoms with Crippen molar-refractivity contribution in [3.63, 3.8) is 0 Å². The van der Waals surface area contributed by atoms with E-state index in [1.807, 2.05) is 13.0 Å². The highest BCUT2D eigenvalue weighted by molar-refractivity contribution is 7.88. The molecule has 1 saturated heterocycles. The summed E-state index contributed by atoms with van der Waals surface area (Å²) < 4.78 is 26.9. The Kier molecular flexibility index (Phi) is 5.57. The van der Waals surface area contributed by atoms with Crippen LogP contribution in [0, 0.1) is 11.3 Å². The molecule has 1 aliphatic rings. The Morgan fingerprint density at radius 3 is 2.91 bits per heavy atom. The summed E-state index contributed by atoms with van der Waals surface area (Å²) in [5.74, 6) is -0.130. The molecule has 1 aliphatic heterocycles. The Morgan fingerprint density at radius 2 is 2.23 bits per heavy atom. The molecule has 1 fully saturated rings. The summed E-state index contributed by atoms with van der Waals surface area (Å²) in [7, 11) is -3.50. The first-order valence-electron chi connectivity index (χ1n) is 7.64. The number of aliphatic hydroxyl groups excluding tert-OH is 1. The van der Waals surface area contributed by atoms with Crippen LogP contribution in [0.1, 0.15) is 43.7 Å². The van der Waals surface area contributed by atoms with Gasteiger partial charge in [0, 0.05) is 6.54 Å². The maximum atomic E-state index is 12.7. The minimum Gasteiger partial charge on any atom is -0.391 e. The lowest BCUT2D eigenvalue weighted by Crippen LogP contribution is -2.49. The van der Waals surface area contributed by atoms with E-state index in [-0.39, 0.29) is 11.8 Å². The maximum Gasteiger partial charge on any atom is 0.218 e. The van der Waals surface area contributed by atoms with E-state index in [4.69, 9.17) is 5.26 Å². The summed E-state index contributed by atoms with van der Waals surface area (Å²) in [6.07, 6.45) is 2.38. The predicted octanol–water partition coefficient (Wildman–Crippen LogP) is 2.01. The normalized spacial score (nSPS) is 21.2. The van der Waals surface area contributed by atoms with Gasteiger partial charge in [0.2, 0.25) is 10.0 Å². The highest BCUT2D eigenvalue weighted by Gasteiger charge is 2.35. The Bertz CT molecular complexity index is 652. The number of sulfonamides is 1. The molecule has 0 radical (unpaired) electrons. The summed E-state index contributed by atoms with van der Waals surface area (Å²) in [5, 5.41) is 19.0. The van der Waals surface area contributed by atoms with E-state index in [0.717, 1.165) is 12.8 Å². The summed E-state index contributed by atoms with van der Waals surface area (Å²) >= 11 is 0. The monoisotopic (exact) mass is 322 g/mol. The molecule has 0 bridgehead atoms. The molecule has 1 aromatic carbocycles. The largest absolute Gasteiger partial charge is 0.391 e. The average molecular weight is 322 g/mol. The number of hydrogen-bond acceptors (Lipinski definition) is 4. The smallest absolute Gasteiger partial charge is 0.218 e. The topological polar surface area (TPSA) is 81.4 Å². The Hall–Kier alpha value is -1.42. The van der Waals surface area contributed by atoms with Gasteiger partial charge in [0.15, 0.2) is 0 Å². The van der Waals surface area contributed by atoms with Crippen LogP contribution in [0.5, 0.6) is 0 Å². The van der Waals surface area contributed by atoms with E-state index >= 15 is 0 Å². The molecule has 0 saturated carbocycles. The second kappa shape index (κ2) is 7.23. The number of hydrogen-bond donors (Lipinski definition) is 1. The number of rotatable bonds is 5. The fourth-order valence-corrected chi connectivity index (χ4v) is 4.79. The van der Waals surface area contributed by atoms with E-state index in [1.165, 1.54) is 4.31 Å². The van der Waals surface area contributed by atoms with Crippen molar-refractivity contribution in [3.05, 3.63) is 35.4 Å². The van der Waals surface area contributed by atoms with E-state index in [0.29, 0.717) is 30.5 Å². The third-order valence-corrected chi connectivity index (χ3v) is 5.99. The van der Waals surface area contributed by atoms with Crippen molar-refractivity contribution in [2.24, 2.45) is 0 Å². The lowest BCUT2D eigenvalue weighted by atomic mass is 9.98. The van der Waals surface area contributed by atoms with Gasteiger partial charge in [0.1, 0.15) is 0 Å². The zero-order valence-corrected chi connectivity index (χ0v) is 13.6. The third-order valence-electron chi connectivity index (χ3n) is 4.12. The molecule has 0 spiro atoms. The molecular formula is C16H22N2O3S. The Balaban J connectivity index is 2.22. The molecule has 1 N–H and O–H groups in total. The van der Waals surface area contributed by atoms with Gasteiger partial charge in [-0.15, -0.1) is 0 Å². The Labute approximate surface area is 132 Å². The highest BCUT2D eigenvalue weighted by Crippen LogP contribution is 2.26. The summed E-state index contributed by atoms with van der Waals surface area (Å²) in [6, 6.07) is 8.36. The minimum absolute atomic E-state index is 0.130. The molecule has 2 rings (SSSR count). The fourth-order valence-electron chi connectivity index (χ4n) is 2.96. The van der Waals surface area contributed by atoms with Gasteiger partial charge in [-0.1, -0.05) is 25.5 Å². The predicted molar refractivity (Wildman–Crippen MR) is 84.4 cm³/mol. The van der Waals surface area contributed by atoms with Crippen LogP contribution in [0.2, 0.25) is 0 Å². The third kappa shape index (κ3) is 3.86. The number of nitriles is 1. The molecule has 22 heavy (non-hydrogen) atoms. The van der Waals surface area contributed by atoms with Crippen LogP contribution < -0.4 is 0 Å². The van der Waals surface area contributed by atoms with Crippen molar-refractivity contribution in [1.29, 1.82) is 5.26 Å². The number of piperidine rings is 1. The molecule has 5 nitrogen and oxygen atoms in total. The van der Waals surface area contributed by atoms with Crippen LogP contribution >= 0.6 is 0 Å². The molecule has 0 aliphatic carbocycles. The molecular weight excluding hydrogens is 300 g/mol. The highest BCUT2D eigenvalue weighted by atomic mass is 32.2. The molecule has 1 aromatic rings. The van der Waals surface area contributed by atoms with Crippen LogP contribution in [0.4, 0.5) is 0 Å². The molecule has 0 amide bonds. The van der Waals surface area contributed by atoms with Crippen LogP contribution in [-0.4, -0.2) is 36.5 Å². The van der Waals surface area contributed by atoms with Crippen molar-refractivity contribution < 1.29 is 13.5 Å². The van der Waals surface area contributed by atoms with Gasteiger partial charge in [-0.25, -0.2) is 8.42 Å². The molecule has 6 heteroatoms. The van der Waals surface area contributed by atoms with Crippen LogP contribution in [0.3, 0.4) is 0 Å². The minimum atomic E-state index is -3.50. The van der Waals surface area contributed by atoms with Crippen molar-refractivity contribution in [2.75, 3.05) is 6.54 Å². The van der Waals surface area contributed by atoms with Crippen molar-refractivity contribution >= 4 is 10.0 Å². The van der Waals surface area contributed by atoms with Gasteiger partial charge in [-0.3, -0.25) is 0 Å². The molecule has 2 unspecified atom stereocenters. The molecule has 2 atom stereocenters. The second-order valence-corrected chi connectivity index (χ2v) is 7.64. The zero-order chi connectivity index (χ0) is 16.2. The van der Waals surface area contributed by atoms with E-state index in [9.17, 15) is 13.5 Å². The van der Waals surface area contributed by atoms with E-state index in [2.05, 4.69) is 0 Å². The summed E-state index contributed by atoms with van der Waals surface area (Å²) in [5.41, 5.74) is 1.06. The van der Waals surface area contributed by atoms with Crippen LogP contribution in [0.15, 0.2) is 24.3 Å². The average Bonchev–Trinajstić information content (AvgIpc) is 2.54. The number of nitrogens with zero attached hydrogens (tertiary/aromatic N) is 2. The van der Waals surface area contributed by atoms with E-state index < -0.39 is 16.1 Å². The quantitative estimate of drug-likeness (QED) is 0.899. The first-order valence-corrected chi connectivity index (χ1v) is 9.25. The first kappa shape index (κ1) is 16.9. The van der Waals surface area contributed by atoms with Gasteiger partial charge in [-0.05, 0) is 37.0 Å². The lowest BCUT2D eigenvalue weighted by molar-refractivity contribution is 0.0666. The summed E-state index contributed by atoms with van der Waals surface area (Å²) in [6.45, 7) is 2.32. The van der Waals surface area contributed by atoms with Gasteiger partial charge in [0.25, 0.3) is 0 Å². The van der Waals surface area contributed by atoms with Gasteiger partial charge in [-0.2, -0.15) is 9.57 Å². The molecule has 120 valence electrons. The fraction of sp³-hybridized carbons (Fsp3) is 0.562. The van der Waals surface area contributed by atoms with Crippen molar-refractivity contribution in [2.45, 2.75) is 50.5 Å². The Morgan fingerprint density at radius 1 is 1.45 bits per heavy atom. The molecule has 1 heterocycles. The van der Waals surface area contributed by atoms with Crippen molar-refractivity contribution in [3.8, 4) is 6.07 Å². The van der Waals surface area contributed by atoms with Gasteiger partial charge in [0.05, 0.1) is 29.5 Å². The number of benzene rings is 1. The first-order chi connectivity index (χ1) is 10.5. The lowest BCUT2D eigenvalue weighted by Gasteiger charge is -2.37. The van der Waals surface area contributed by atoms with E-state index in [1.54, 1.807) is 24.3 Å². The zero-order valence-electron chi connectivity index (χ0n) is 12.8. The van der Waals surface area contributed by atoms with Crippen LogP contribution in [0.25, 0.3) is 0 Å². The summed E-state index contributed by atoms with van der Waals surface area (Å²) in [4.78, 5) is 0. The number of aliphatic hydroxyl groups is 1. The van der Waals surface area contributed by atoms with Gasteiger partial charge >= 0.3 is 0 Å². The molecule has 0 aromatic heterocycles. The maximum absolute atomic E-state index is 12.7. The van der Waals surface area contributed by atoms with Gasteiger partial charge < -0.3 is 5.11 Å². The second-order valence-electron chi connectivity index (χ2n) is 5.72. The SMILES string of the molecule is CCC(O)C1CCCCN1S(=O)(=O)Cc1cccc(C#N)c1.